The number of ether oxygens (including phenoxy) is 1. The van der Waals surface area contributed by atoms with Gasteiger partial charge in [-0.2, -0.15) is 0 Å². The summed E-state index contributed by atoms with van der Waals surface area (Å²) in [6, 6.07) is 0.722. The Hall–Kier alpha value is -0.160. The number of nitrogens with zero attached hydrogens (tertiary/aromatic N) is 3. The molecule has 2 aliphatic heterocycles. The summed E-state index contributed by atoms with van der Waals surface area (Å²) < 4.78 is 6.02. The van der Waals surface area contributed by atoms with E-state index in [1.165, 1.54) is 38.6 Å². The first-order valence-corrected chi connectivity index (χ1v) is 14.2. The van der Waals surface area contributed by atoms with Crippen LogP contribution >= 0.6 is 0 Å². The van der Waals surface area contributed by atoms with E-state index in [9.17, 15) is 0 Å². The van der Waals surface area contributed by atoms with Gasteiger partial charge in [0.2, 0.25) is 0 Å². The molecule has 1 atom stereocenters. The summed E-state index contributed by atoms with van der Waals surface area (Å²) in [5.74, 6) is 0.806. The highest BCUT2D eigenvalue weighted by molar-refractivity contribution is 5.01. The first-order chi connectivity index (χ1) is 15.4. The smallest absolute Gasteiger partial charge is 0.0610 e. The van der Waals surface area contributed by atoms with E-state index < -0.39 is 0 Å². The van der Waals surface area contributed by atoms with E-state index in [-0.39, 0.29) is 13.9 Å². The van der Waals surface area contributed by atoms with Crippen molar-refractivity contribution in [1.82, 2.24) is 14.7 Å². The molecule has 2 saturated heterocycles. The highest BCUT2D eigenvalue weighted by Gasteiger charge is 2.44. The summed E-state index contributed by atoms with van der Waals surface area (Å²) in [7, 11) is 6.83. The third kappa shape index (κ3) is 8.75. The van der Waals surface area contributed by atoms with Crippen LogP contribution in [0, 0.1) is 5.92 Å². The van der Waals surface area contributed by atoms with Gasteiger partial charge in [-0.15, -0.1) is 0 Å². The SMILES string of the molecule is CCC(C)CN(C)C1CC(C)(C)N(C)C(C)(C)C1.CCCCOC1CC(C)(C)N(C)C(C)(C)C1.[HH].[HH]. The Morgan fingerprint density at radius 3 is 1.62 bits per heavy atom. The molecule has 0 amide bonds. The third-order valence-electron chi connectivity index (χ3n) is 9.33. The van der Waals surface area contributed by atoms with Crippen molar-refractivity contribution in [3.8, 4) is 0 Å². The van der Waals surface area contributed by atoms with Crippen LogP contribution in [0.4, 0.5) is 0 Å². The maximum Gasteiger partial charge on any atom is 0.0610 e. The first-order valence-electron chi connectivity index (χ1n) is 14.2. The van der Waals surface area contributed by atoms with Gasteiger partial charge in [-0.25, -0.2) is 0 Å². The summed E-state index contributed by atoms with van der Waals surface area (Å²) in [5, 5.41) is 0. The van der Waals surface area contributed by atoms with Gasteiger partial charge in [-0.1, -0.05) is 33.6 Å². The summed E-state index contributed by atoms with van der Waals surface area (Å²) in [6.07, 6.45) is 8.98. The van der Waals surface area contributed by atoms with E-state index in [0.717, 1.165) is 31.4 Å². The third-order valence-corrected chi connectivity index (χ3v) is 9.33. The van der Waals surface area contributed by atoms with E-state index in [1.807, 2.05) is 0 Å². The van der Waals surface area contributed by atoms with Crippen LogP contribution < -0.4 is 0 Å². The molecule has 0 N–H and O–H groups in total. The molecular formula is C30H67N3O. The van der Waals surface area contributed by atoms with Crippen LogP contribution in [0.1, 0.15) is 124 Å². The summed E-state index contributed by atoms with van der Waals surface area (Å²) in [5.41, 5.74) is 1.10. The lowest BCUT2D eigenvalue weighted by molar-refractivity contribution is -0.0916. The Morgan fingerprint density at radius 1 is 0.824 bits per heavy atom. The molecule has 0 radical (unpaired) electrons. The number of rotatable bonds is 8. The van der Waals surface area contributed by atoms with Gasteiger partial charge in [0, 0.05) is 44.2 Å². The van der Waals surface area contributed by atoms with Gasteiger partial charge in [0.25, 0.3) is 0 Å². The normalized spacial score (nSPS) is 26.2. The highest BCUT2D eigenvalue weighted by Crippen LogP contribution is 2.39. The predicted molar refractivity (Wildman–Crippen MR) is 155 cm³/mol. The first kappa shape index (κ1) is 31.9. The molecule has 208 valence electrons. The zero-order chi connectivity index (χ0) is 26.5. The molecular weight excluding hydrogens is 418 g/mol. The average Bonchev–Trinajstić information content (AvgIpc) is 2.70. The van der Waals surface area contributed by atoms with Crippen LogP contribution in [0.25, 0.3) is 0 Å². The maximum atomic E-state index is 6.02. The number of piperidine rings is 2. The van der Waals surface area contributed by atoms with Gasteiger partial charge < -0.3 is 9.64 Å². The van der Waals surface area contributed by atoms with Gasteiger partial charge >= 0.3 is 0 Å². The van der Waals surface area contributed by atoms with Gasteiger partial charge in [-0.05, 0) is 115 Å². The molecule has 2 rings (SSSR count). The monoisotopic (exact) mass is 486 g/mol. The summed E-state index contributed by atoms with van der Waals surface area (Å²) in [6.45, 7) is 27.9. The van der Waals surface area contributed by atoms with Crippen LogP contribution in [0.5, 0.6) is 0 Å². The van der Waals surface area contributed by atoms with Gasteiger partial charge in [0.15, 0.2) is 0 Å². The number of likely N-dealkylation sites (tertiary alicyclic amines) is 2. The topological polar surface area (TPSA) is 19.0 Å². The minimum Gasteiger partial charge on any atom is -0.378 e. The van der Waals surface area contributed by atoms with Crippen molar-refractivity contribution in [2.45, 2.75) is 155 Å². The zero-order valence-electron chi connectivity index (χ0n) is 25.8. The quantitative estimate of drug-likeness (QED) is 0.330. The molecule has 4 heteroatoms. The van der Waals surface area contributed by atoms with Gasteiger partial charge in [0.1, 0.15) is 0 Å². The predicted octanol–water partition coefficient (Wildman–Crippen LogP) is 7.56. The molecule has 0 aromatic carbocycles. The van der Waals surface area contributed by atoms with Crippen molar-refractivity contribution < 1.29 is 7.59 Å². The lowest BCUT2D eigenvalue weighted by Gasteiger charge is -2.55. The number of unbranched alkanes of at least 4 members (excludes halogenated alkanes) is 1. The molecule has 0 aromatic heterocycles. The van der Waals surface area contributed by atoms with Crippen LogP contribution in [-0.2, 0) is 4.74 Å². The molecule has 2 fully saturated rings. The Labute approximate surface area is 218 Å². The van der Waals surface area contributed by atoms with Gasteiger partial charge in [-0.3, -0.25) is 9.80 Å². The minimum absolute atomic E-state index is 0. The Balaban J connectivity index is 0. The van der Waals surface area contributed by atoms with Gasteiger partial charge in [0.05, 0.1) is 6.10 Å². The largest absolute Gasteiger partial charge is 0.378 e. The minimum atomic E-state index is 0. The fourth-order valence-corrected chi connectivity index (χ4v) is 6.19. The fraction of sp³-hybridized carbons (Fsp3) is 1.00. The van der Waals surface area contributed by atoms with E-state index in [2.05, 4.69) is 112 Å². The Bertz CT molecular complexity index is 573. The zero-order valence-corrected chi connectivity index (χ0v) is 25.8. The number of hydrogen-bond acceptors (Lipinski definition) is 4. The molecule has 2 aliphatic rings. The molecule has 0 bridgehead atoms. The van der Waals surface area contributed by atoms with Crippen LogP contribution in [0.3, 0.4) is 0 Å². The molecule has 4 nitrogen and oxygen atoms in total. The molecule has 1 unspecified atom stereocenters. The molecule has 0 saturated carbocycles. The lowest BCUT2D eigenvalue weighted by atomic mass is 9.77. The molecule has 34 heavy (non-hydrogen) atoms. The highest BCUT2D eigenvalue weighted by atomic mass is 16.5. The summed E-state index contributed by atoms with van der Waals surface area (Å²) >= 11 is 0. The van der Waals surface area contributed by atoms with E-state index >= 15 is 0 Å². The molecule has 0 aliphatic carbocycles. The summed E-state index contributed by atoms with van der Waals surface area (Å²) in [4.78, 5) is 7.66. The fourth-order valence-electron chi connectivity index (χ4n) is 6.19. The maximum absolute atomic E-state index is 6.02. The van der Waals surface area contributed by atoms with Crippen LogP contribution in [0.2, 0.25) is 0 Å². The van der Waals surface area contributed by atoms with E-state index in [4.69, 9.17) is 4.74 Å². The standard InChI is InChI=1S/C16H34N2.C14H29NO.2H2/c1-9-13(2)12-17(7)14-10-15(3,4)18(8)16(5,6)11-14;1-7-8-9-16-12-10-13(2,3)15(6)14(4,5)11-12;;/h13-14H,9-12H2,1-8H3;12H,7-11H2,1-6H3;2*1H. The van der Waals surface area contributed by atoms with Crippen molar-refractivity contribution in [2.24, 2.45) is 5.92 Å². The van der Waals surface area contributed by atoms with E-state index in [0.29, 0.717) is 17.2 Å². The van der Waals surface area contributed by atoms with Crippen molar-refractivity contribution in [1.29, 1.82) is 0 Å². The van der Waals surface area contributed by atoms with Crippen LogP contribution in [-0.4, -0.2) is 83.3 Å². The van der Waals surface area contributed by atoms with Crippen molar-refractivity contribution in [3.05, 3.63) is 0 Å². The Morgan fingerprint density at radius 2 is 1.24 bits per heavy atom. The van der Waals surface area contributed by atoms with Crippen molar-refractivity contribution >= 4 is 0 Å². The molecule has 0 aromatic rings. The second-order valence-corrected chi connectivity index (χ2v) is 14.1. The average molecular weight is 486 g/mol. The van der Waals surface area contributed by atoms with E-state index in [1.54, 1.807) is 0 Å². The lowest BCUT2D eigenvalue weighted by Crippen LogP contribution is -2.62. The van der Waals surface area contributed by atoms with Crippen molar-refractivity contribution in [3.63, 3.8) is 0 Å². The Kier molecular flexibility index (Phi) is 11.6. The second-order valence-electron chi connectivity index (χ2n) is 14.1. The molecule has 2 heterocycles. The van der Waals surface area contributed by atoms with Crippen LogP contribution in [0.15, 0.2) is 0 Å². The number of hydrogen-bond donors (Lipinski definition) is 0. The second kappa shape index (κ2) is 12.4. The molecule has 0 spiro atoms. The van der Waals surface area contributed by atoms with Crippen molar-refractivity contribution in [2.75, 3.05) is 34.3 Å².